The van der Waals surface area contributed by atoms with Crippen molar-refractivity contribution in [1.82, 2.24) is 29.9 Å². The highest BCUT2D eigenvalue weighted by atomic mass is 16.2. The van der Waals surface area contributed by atoms with E-state index in [9.17, 15) is 4.79 Å². The Kier molecular flexibility index (Phi) is 3.76. The van der Waals surface area contributed by atoms with Crippen LogP contribution in [0.15, 0.2) is 30.7 Å². The SMILES string of the molecule is Cc1[nH]nc2ncc(C(=O)N3CCCC[C@@H]3Cn3cccn3)cc12. The van der Waals surface area contributed by atoms with Crippen molar-refractivity contribution in [2.24, 2.45) is 0 Å². The fraction of sp³-hybridized carbons (Fsp3) is 0.412. The lowest BCUT2D eigenvalue weighted by Gasteiger charge is -2.35. The van der Waals surface area contributed by atoms with E-state index in [2.05, 4.69) is 20.3 Å². The van der Waals surface area contributed by atoms with Crippen molar-refractivity contribution < 1.29 is 4.79 Å². The van der Waals surface area contributed by atoms with Crippen molar-refractivity contribution in [2.45, 2.75) is 38.8 Å². The van der Waals surface area contributed by atoms with Gasteiger partial charge in [0.25, 0.3) is 5.91 Å². The van der Waals surface area contributed by atoms with Gasteiger partial charge in [-0.2, -0.15) is 10.2 Å². The van der Waals surface area contributed by atoms with Gasteiger partial charge in [0.1, 0.15) is 0 Å². The second-order valence-corrected chi connectivity index (χ2v) is 6.32. The van der Waals surface area contributed by atoms with Gasteiger partial charge in [0.15, 0.2) is 5.65 Å². The largest absolute Gasteiger partial charge is 0.334 e. The molecule has 0 bridgehead atoms. The molecular weight excluding hydrogens is 304 g/mol. The molecule has 1 atom stereocenters. The number of nitrogens with zero attached hydrogens (tertiary/aromatic N) is 5. The van der Waals surface area contributed by atoms with Crippen LogP contribution in [0.4, 0.5) is 0 Å². The number of carbonyl (C=O) groups is 1. The Morgan fingerprint density at radius 3 is 3.17 bits per heavy atom. The molecule has 1 fully saturated rings. The highest BCUT2D eigenvalue weighted by Gasteiger charge is 2.28. The van der Waals surface area contributed by atoms with E-state index >= 15 is 0 Å². The maximum Gasteiger partial charge on any atom is 0.255 e. The molecule has 0 aromatic carbocycles. The van der Waals surface area contributed by atoms with Gasteiger partial charge in [-0.15, -0.1) is 0 Å². The van der Waals surface area contributed by atoms with Crippen LogP contribution in [-0.4, -0.2) is 48.4 Å². The number of piperidine rings is 1. The molecule has 0 aliphatic carbocycles. The molecule has 24 heavy (non-hydrogen) atoms. The first-order chi connectivity index (χ1) is 11.7. The van der Waals surface area contributed by atoms with Crippen LogP contribution in [0.5, 0.6) is 0 Å². The van der Waals surface area contributed by atoms with Crippen LogP contribution in [0.2, 0.25) is 0 Å². The summed E-state index contributed by atoms with van der Waals surface area (Å²) in [5.41, 5.74) is 2.20. The average molecular weight is 324 g/mol. The predicted molar refractivity (Wildman–Crippen MR) is 89.5 cm³/mol. The van der Waals surface area contributed by atoms with Crippen LogP contribution >= 0.6 is 0 Å². The van der Waals surface area contributed by atoms with E-state index < -0.39 is 0 Å². The molecule has 7 heteroatoms. The molecule has 3 aromatic heterocycles. The van der Waals surface area contributed by atoms with Crippen LogP contribution in [0.1, 0.15) is 35.3 Å². The molecule has 1 aliphatic rings. The minimum atomic E-state index is 0.0434. The Balaban J connectivity index is 1.61. The van der Waals surface area contributed by atoms with Crippen molar-refractivity contribution in [3.63, 3.8) is 0 Å². The summed E-state index contributed by atoms with van der Waals surface area (Å²) in [5.74, 6) is 0.0434. The van der Waals surface area contributed by atoms with Crippen LogP contribution in [-0.2, 0) is 6.54 Å². The summed E-state index contributed by atoms with van der Waals surface area (Å²) in [6, 6.07) is 3.98. The summed E-state index contributed by atoms with van der Waals surface area (Å²) < 4.78 is 1.90. The number of amides is 1. The molecule has 1 aliphatic heterocycles. The number of aromatic nitrogens is 5. The monoisotopic (exact) mass is 324 g/mol. The minimum Gasteiger partial charge on any atom is -0.334 e. The lowest BCUT2D eigenvalue weighted by molar-refractivity contribution is 0.0583. The maximum absolute atomic E-state index is 13.0. The van der Waals surface area contributed by atoms with E-state index in [-0.39, 0.29) is 11.9 Å². The molecular formula is C17H20N6O. The van der Waals surface area contributed by atoms with Crippen LogP contribution in [0, 0.1) is 6.92 Å². The highest BCUT2D eigenvalue weighted by Crippen LogP contribution is 2.22. The van der Waals surface area contributed by atoms with E-state index in [1.807, 2.05) is 34.8 Å². The van der Waals surface area contributed by atoms with Crippen molar-refractivity contribution in [2.75, 3.05) is 6.54 Å². The fourth-order valence-corrected chi connectivity index (χ4v) is 3.38. The van der Waals surface area contributed by atoms with Crippen LogP contribution in [0.25, 0.3) is 11.0 Å². The molecule has 3 aromatic rings. The Morgan fingerprint density at radius 2 is 2.33 bits per heavy atom. The summed E-state index contributed by atoms with van der Waals surface area (Å²) in [6.07, 6.45) is 8.54. The van der Waals surface area contributed by atoms with E-state index in [0.29, 0.717) is 11.2 Å². The first kappa shape index (κ1) is 14.9. The quantitative estimate of drug-likeness (QED) is 0.800. The molecule has 1 N–H and O–H groups in total. The zero-order valence-corrected chi connectivity index (χ0v) is 13.6. The molecule has 1 saturated heterocycles. The number of nitrogens with one attached hydrogen (secondary N) is 1. The van der Waals surface area contributed by atoms with Gasteiger partial charge in [-0.25, -0.2) is 4.98 Å². The van der Waals surface area contributed by atoms with Crippen molar-refractivity contribution in [3.8, 4) is 0 Å². The number of rotatable bonds is 3. The Labute approximate surface area is 139 Å². The lowest BCUT2D eigenvalue weighted by Crippen LogP contribution is -2.46. The van der Waals surface area contributed by atoms with E-state index in [1.165, 1.54) is 0 Å². The van der Waals surface area contributed by atoms with Gasteiger partial charge in [-0.1, -0.05) is 0 Å². The Morgan fingerprint density at radius 1 is 1.42 bits per heavy atom. The fourth-order valence-electron chi connectivity index (χ4n) is 3.38. The summed E-state index contributed by atoms with van der Waals surface area (Å²) in [6.45, 7) is 3.46. The maximum atomic E-state index is 13.0. The Bertz CT molecular complexity index is 853. The van der Waals surface area contributed by atoms with Crippen molar-refractivity contribution >= 4 is 16.9 Å². The van der Waals surface area contributed by atoms with Crippen molar-refractivity contribution in [3.05, 3.63) is 42.0 Å². The number of fused-ring (bicyclic) bond motifs is 1. The number of aryl methyl sites for hydroxylation is 1. The summed E-state index contributed by atoms with van der Waals surface area (Å²) in [7, 11) is 0. The van der Waals surface area contributed by atoms with Gasteiger partial charge in [0.2, 0.25) is 0 Å². The third-order valence-electron chi connectivity index (χ3n) is 4.69. The number of H-pyrrole nitrogens is 1. The Hall–Kier alpha value is -2.70. The topological polar surface area (TPSA) is 79.7 Å². The second kappa shape index (κ2) is 6.07. The van der Waals surface area contributed by atoms with Gasteiger partial charge in [0.05, 0.1) is 18.2 Å². The molecule has 0 spiro atoms. The molecule has 0 saturated carbocycles. The van der Waals surface area contributed by atoms with Gasteiger partial charge in [-0.05, 0) is 38.3 Å². The standard InChI is InChI=1S/C17H20N6O/c1-12-15-9-13(10-18-16(15)21-20-12)17(24)23-8-3-2-5-14(23)11-22-7-4-6-19-22/h4,6-7,9-10,14H,2-3,5,8,11H2,1H3,(H,18,20,21)/t14-/m1/s1. The van der Waals surface area contributed by atoms with Crippen LogP contribution < -0.4 is 0 Å². The highest BCUT2D eigenvalue weighted by molar-refractivity contribution is 5.97. The van der Waals surface area contributed by atoms with Gasteiger partial charge in [-0.3, -0.25) is 14.6 Å². The summed E-state index contributed by atoms with van der Waals surface area (Å²) in [4.78, 5) is 19.3. The normalized spacial score (nSPS) is 18.2. The number of carbonyl (C=O) groups excluding carboxylic acids is 1. The number of likely N-dealkylation sites (tertiary alicyclic amines) is 1. The predicted octanol–water partition coefficient (Wildman–Crippen LogP) is 2.16. The van der Waals surface area contributed by atoms with E-state index in [1.54, 1.807) is 12.4 Å². The van der Waals surface area contributed by atoms with Crippen LogP contribution in [0.3, 0.4) is 0 Å². The average Bonchev–Trinajstić information content (AvgIpc) is 3.25. The second-order valence-electron chi connectivity index (χ2n) is 6.32. The molecule has 4 heterocycles. The van der Waals surface area contributed by atoms with E-state index in [4.69, 9.17) is 0 Å². The molecule has 124 valence electrons. The molecule has 1 amide bonds. The number of aromatic amines is 1. The van der Waals surface area contributed by atoms with Gasteiger partial charge >= 0.3 is 0 Å². The van der Waals surface area contributed by atoms with Gasteiger partial charge in [0, 0.05) is 36.2 Å². The lowest BCUT2D eigenvalue weighted by atomic mass is 10.0. The first-order valence-corrected chi connectivity index (χ1v) is 8.31. The zero-order chi connectivity index (χ0) is 16.5. The number of hydrogen-bond donors (Lipinski definition) is 1. The minimum absolute atomic E-state index is 0.0434. The third kappa shape index (κ3) is 2.66. The first-order valence-electron chi connectivity index (χ1n) is 8.31. The molecule has 0 radical (unpaired) electrons. The summed E-state index contributed by atoms with van der Waals surface area (Å²) >= 11 is 0. The number of pyridine rings is 1. The smallest absolute Gasteiger partial charge is 0.255 e. The summed E-state index contributed by atoms with van der Waals surface area (Å²) in [5, 5.41) is 12.2. The zero-order valence-electron chi connectivity index (χ0n) is 13.6. The third-order valence-corrected chi connectivity index (χ3v) is 4.69. The molecule has 0 unspecified atom stereocenters. The molecule has 4 rings (SSSR count). The van der Waals surface area contributed by atoms with E-state index in [0.717, 1.165) is 43.4 Å². The van der Waals surface area contributed by atoms with Gasteiger partial charge < -0.3 is 4.90 Å². The number of hydrogen-bond acceptors (Lipinski definition) is 4. The molecule has 7 nitrogen and oxygen atoms in total. The van der Waals surface area contributed by atoms with Crippen molar-refractivity contribution in [1.29, 1.82) is 0 Å².